The van der Waals surface area contributed by atoms with Crippen LogP contribution in [-0.4, -0.2) is 24.9 Å². The molecular formula is C16H14N4O4S. The van der Waals surface area contributed by atoms with Crippen LogP contribution in [0.4, 0.5) is 11.6 Å². The van der Waals surface area contributed by atoms with Crippen molar-refractivity contribution in [2.45, 2.75) is 11.5 Å². The van der Waals surface area contributed by atoms with E-state index in [1.807, 2.05) is 12.1 Å². The summed E-state index contributed by atoms with van der Waals surface area (Å²) in [6, 6.07) is 11.4. The summed E-state index contributed by atoms with van der Waals surface area (Å²) >= 11 is 0. The van der Waals surface area contributed by atoms with E-state index in [2.05, 4.69) is 15.3 Å². The van der Waals surface area contributed by atoms with E-state index in [1.54, 1.807) is 24.4 Å². The van der Waals surface area contributed by atoms with Gasteiger partial charge in [0.2, 0.25) is 16.0 Å². The van der Waals surface area contributed by atoms with Crippen LogP contribution in [0.15, 0.2) is 53.6 Å². The highest BCUT2D eigenvalue weighted by atomic mass is 32.2. The highest BCUT2D eigenvalue weighted by Crippen LogP contribution is 2.19. The molecule has 0 aliphatic carbocycles. The molecule has 0 aliphatic rings. The highest BCUT2D eigenvalue weighted by molar-refractivity contribution is 7.89. The molecule has 3 N–H and O–H groups in total. The van der Waals surface area contributed by atoms with Crippen LogP contribution < -0.4 is 10.5 Å². The molecule has 25 heavy (non-hydrogen) atoms. The Morgan fingerprint density at radius 1 is 1.16 bits per heavy atom. The van der Waals surface area contributed by atoms with Gasteiger partial charge in [-0.05, 0) is 35.9 Å². The van der Waals surface area contributed by atoms with Crippen molar-refractivity contribution in [1.29, 1.82) is 0 Å². The van der Waals surface area contributed by atoms with Crippen LogP contribution in [0.1, 0.15) is 5.56 Å². The first-order valence-corrected chi connectivity index (χ1v) is 8.71. The number of carbonyl (C=O) groups is 1. The minimum absolute atomic E-state index is 0.0253. The summed E-state index contributed by atoms with van der Waals surface area (Å²) in [5.74, 6) is 0.351. The maximum atomic E-state index is 11.3. The normalized spacial score (nSPS) is 11.2. The fraction of sp³-hybridized carbons (Fsp3) is 0.0625. The van der Waals surface area contributed by atoms with E-state index in [1.165, 1.54) is 12.1 Å². The van der Waals surface area contributed by atoms with Crippen LogP contribution in [0.25, 0.3) is 10.9 Å². The number of nitrogens with one attached hydrogen (secondary N) is 1. The van der Waals surface area contributed by atoms with Gasteiger partial charge in [0.25, 0.3) is 6.47 Å². The van der Waals surface area contributed by atoms with Crippen LogP contribution in [0.2, 0.25) is 0 Å². The molecule has 3 aromatic rings. The summed E-state index contributed by atoms with van der Waals surface area (Å²) in [5.41, 5.74) is 2.11. The number of fused-ring (bicyclic) bond motifs is 1. The average molecular weight is 358 g/mol. The van der Waals surface area contributed by atoms with Crippen LogP contribution in [0, 0.1) is 0 Å². The van der Waals surface area contributed by atoms with E-state index in [0.29, 0.717) is 23.6 Å². The van der Waals surface area contributed by atoms with Crippen LogP contribution in [0.3, 0.4) is 0 Å². The molecule has 0 bridgehead atoms. The van der Waals surface area contributed by atoms with Gasteiger partial charge >= 0.3 is 0 Å². The standard InChI is InChI=1S/C16H14N4O4S/c17-25(22,23)14-5-3-13(4-6-14)19-16-18-8-12-2-1-11(9-24-10-21)7-15(12)20-16/h1-8,10H,9H2,(H2,17,22,23)(H,18,19,20). The van der Waals surface area contributed by atoms with Gasteiger partial charge in [-0.1, -0.05) is 12.1 Å². The Labute approximate surface area is 143 Å². The van der Waals surface area contributed by atoms with E-state index in [9.17, 15) is 13.2 Å². The predicted octanol–water partition coefficient (Wildman–Crippen LogP) is 1.69. The van der Waals surface area contributed by atoms with Crippen molar-refractivity contribution >= 4 is 39.0 Å². The van der Waals surface area contributed by atoms with Crippen LogP contribution in [-0.2, 0) is 26.2 Å². The number of carbonyl (C=O) groups excluding carboxylic acids is 1. The third kappa shape index (κ3) is 4.08. The first kappa shape index (κ1) is 16.8. The van der Waals surface area contributed by atoms with Gasteiger partial charge in [0, 0.05) is 17.3 Å². The van der Waals surface area contributed by atoms with Gasteiger partial charge in [-0.3, -0.25) is 4.79 Å². The molecule has 0 spiro atoms. The molecule has 128 valence electrons. The molecule has 0 saturated heterocycles. The summed E-state index contributed by atoms with van der Waals surface area (Å²) in [4.78, 5) is 18.9. The number of rotatable bonds is 6. The minimum Gasteiger partial charge on any atom is -0.463 e. The number of ether oxygens (including phenoxy) is 1. The van der Waals surface area contributed by atoms with Gasteiger partial charge in [-0.25, -0.2) is 23.5 Å². The van der Waals surface area contributed by atoms with Gasteiger partial charge in [0.15, 0.2) is 0 Å². The molecule has 0 amide bonds. The second-order valence-electron chi connectivity index (χ2n) is 5.19. The Kier molecular flexibility index (Phi) is 4.59. The fourth-order valence-electron chi connectivity index (χ4n) is 2.21. The van der Waals surface area contributed by atoms with Crippen LogP contribution in [0.5, 0.6) is 0 Å². The van der Waals surface area contributed by atoms with E-state index in [-0.39, 0.29) is 11.5 Å². The molecule has 3 rings (SSSR count). The number of hydrogen-bond donors (Lipinski definition) is 2. The van der Waals surface area contributed by atoms with Crippen molar-refractivity contribution < 1.29 is 17.9 Å². The first-order chi connectivity index (χ1) is 12.0. The Balaban J connectivity index is 1.84. The lowest BCUT2D eigenvalue weighted by molar-refractivity contribution is -0.129. The van der Waals surface area contributed by atoms with Gasteiger partial charge < -0.3 is 10.1 Å². The minimum atomic E-state index is -3.73. The number of benzene rings is 2. The lowest BCUT2D eigenvalue weighted by Crippen LogP contribution is -2.11. The third-order valence-electron chi connectivity index (χ3n) is 3.40. The SMILES string of the molecule is NS(=O)(=O)c1ccc(Nc2ncc3ccc(COC=O)cc3n2)cc1. The zero-order chi connectivity index (χ0) is 17.9. The van der Waals surface area contributed by atoms with Crippen LogP contribution >= 0.6 is 0 Å². The van der Waals surface area contributed by atoms with Gasteiger partial charge in [-0.15, -0.1) is 0 Å². The molecule has 0 radical (unpaired) electrons. The van der Waals surface area contributed by atoms with E-state index >= 15 is 0 Å². The predicted molar refractivity (Wildman–Crippen MR) is 91.5 cm³/mol. The summed E-state index contributed by atoms with van der Waals surface area (Å²) in [5, 5.41) is 8.90. The molecule has 1 aromatic heterocycles. The second kappa shape index (κ2) is 6.83. The van der Waals surface area contributed by atoms with Gasteiger partial charge in [0.1, 0.15) is 6.61 Å². The number of primary sulfonamides is 1. The fourth-order valence-corrected chi connectivity index (χ4v) is 2.72. The summed E-state index contributed by atoms with van der Waals surface area (Å²) in [6.45, 7) is 0.559. The Morgan fingerprint density at radius 3 is 2.60 bits per heavy atom. The summed E-state index contributed by atoms with van der Waals surface area (Å²) < 4.78 is 27.2. The molecule has 1 heterocycles. The first-order valence-electron chi connectivity index (χ1n) is 7.16. The quantitative estimate of drug-likeness (QED) is 0.642. The largest absolute Gasteiger partial charge is 0.463 e. The molecule has 0 saturated carbocycles. The molecule has 0 fully saturated rings. The lowest BCUT2D eigenvalue weighted by Gasteiger charge is -2.07. The summed E-state index contributed by atoms with van der Waals surface area (Å²) in [7, 11) is -3.73. The molecule has 2 aromatic carbocycles. The van der Waals surface area contributed by atoms with E-state index in [4.69, 9.17) is 9.88 Å². The number of anilines is 2. The topological polar surface area (TPSA) is 124 Å². The van der Waals surface area contributed by atoms with Crippen molar-refractivity contribution in [2.75, 3.05) is 5.32 Å². The molecule has 0 atom stereocenters. The molecule has 8 nitrogen and oxygen atoms in total. The number of nitrogens with two attached hydrogens (primary N) is 1. The zero-order valence-corrected chi connectivity index (χ0v) is 13.7. The molecular weight excluding hydrogens is 344 g/mol. The van der Waals surface area contributed by atoms with Crippen molar-refractivity contribution in [3.63, 3.8) is 0 Å². The van der Waals surface area contributed by atoms with Gasteiger partial charge in [-0.2, -0.15) is 0 Å². The smallest absolute Gasteiger partial charge is 0.293 e. The monoisotopic (exact) mass is 358 g/mol. The number of aromatic nitrogens is 2. The average Bonchev–Trinajstić information content (AvgIpc) is 2.59. The molecule has 0 unspecified atom stereocenters. The Morgan fingerprint density at radius 2 is 1.92 bits per heavy atom. The van der Waals surface area contributed by atoms with E-state index in [0.717, 1.165) is 10.9 Å². The second-order valence-corrected chi connectivity index (χ2v) is 6.75. The van der Waals surface area contributed by atoms with Gasteiger partial charge in [0.05, 0.1) is 10.4 Å². The summed E-state index contributed by atoms with van der Waals surface area (Å²) in [6.07, 6.45) is 1.66. The van der Waals surface area contributed by atoms with E-state index < -0.39 is 10.0 Å². The molecule has 9 heteroatoms. The van der Waals surface area contributed by atoms with Crippen molar-refractivity contribution in [1.82, 2.24) is 9.97 Å². The van der Waals surface area contributed by atoms with Crippen molar-refractivity contribution in [2.24, 2.45) is 5.14 Å². The Bertz CT molecular complexity index is 1020. The van der Waals surface area contributed by atoms with Crippen molar-refractivity contribution in [3.05, 3.63) is 54.2 Å². The Hall–Kier alpha value is -3.04. The molecule has 0 aliphatic heterocycles. The maximum absolute atomic E-state index is 11.3. The zero-order valence-electron chi connectivity index (χ0n) is 12.9. The number of nitrogens with zero attached hydrogens (tertiary/aromatic N) is 2. The third-order valence-corrected chi connectivity index (χ3v) is 4.33. The number of hydrogen-bond acceptors (Lipinski definition) is 7. The lowest BCUT2D eigenvalue weighted by atomic mass is 10.2. The maximum Gasteiger partial charge on any atom is 0.293 e. The van der Waals surface area contributed by atoms with Crippen molar-refractivity contribution in [3.8, 4) is 0 Å². The highest BCUT2D eigenvalue weighted by Gasteiger charge is 2.07. The number of sulfonamides is 1.